The normalized spacial score (nSPS) is 20.0. The number of ether oxygens (including phenoxy) is 1. The molecule has 1 atom stereocenters. The van der Waals surface area contributed by atoms with Crippen molar-refractivity contribution in [1.29, 1.82) is 0 Å². The molecule has 1 aromatic carbocycles. The Labute approximate surface area is 117 Å². The lowest BCUT2D eigenvalue weighted by atomic mass is 9.84. The lowest BCUT2D eigenvalue weighted by Crippen LogP contribution is -2.34. The van der Waals surface area contributed by atoms with E-state index in [1.165, 1.54) is 5.56 Å². The molecular formula is C17H27NO. The average Bonchev–Trinajstić information content (AvgIpc) is 2.47. The Morgan fingerprint density at radius 3 is 2.37 bits per heavy atom. The zero-order valence-corrected chi connectivity index (χ0v) is 13.1. The van der Waals surface area contributed by atoms with Gasteiger partial charge in [0, 0.05) is 12.5 Å². The molecule has 0 bridgehead atoms. The highest BCUT2D eigenvalue weighted by molar-refractivity contribution is 5.59. The molecule has 0 radical (unpaired) electrons. The summed E-state index contributed by atoms with van der Waals surface area (Å²) in [5, 5.41) is 3.65. The van der Waals surface area contributed by atoms with Gasteiger partial charge in [0.05, 0.1) is 12.3 Å². The number of hydrogen-bond acceptors (Lipinski definition) is 2. The fourth-order valence-electron chi connectivity index (χ4n) is 2.42. The predicted octanol–water partition coefficient (Wildman–Crippen LogP) is 4.59. The average molecular weight is 261 g/mol. The zero-order chi connectivity index (χ0) is 14.3. The van der Waals surface area contributed by atoms with Gasteiger partial charge in [0.15, 0.2) is 0 Å². The highest BCUT2D eigenvalue weighted by Crippen LogP contribution is 2.36. The van der Waals surface area contributed by atoms with Gasteiger partial charge in [-0.05, 0) is 28.5 Å². The van der Waals surface area contributed by atoms with E-state index in [4.69, 9.17) is 4.74 Å². The Morgan fingerprint density at radius 2 is 1.79 bits per heavy atom. The largest absolute Gasteiger partial charge is 0.491 e. The summed E-state index contributed by atoms with van der Waals surface area (Å²) in [6.45, 7) is 14.3. The lowest BCUT2D eigenvalue weighted by molar-refractivity contribution is 0.263. The summed E-state index contributed by atoms with van der Waals surface area (Å²) in [4.78, 5) is 0. The van der Waals surface area contributed by atoms with Crippen molar-refractivity contribution >= 4 is 5.69 Å². The molecule has 0 saturated heterocycles. The molecule has 0 saturated carbocycles. The topological polar surface area (TPSA) is 21.3 Å². The fourth-order valence-corrected chi connectivity index (χ4v) is 2.42. The van der Waals surface area contributed by atoms with Crippen molar-refractivity contribution in [2.24, 2.45) is 5.41 Å². The van der Waals surface area contributed by atoms with Crippen molar-refractivity contribution in [2.45, 2.75) is 59.4 Å². The van der Waals surface area contributed by atoms with Crippen LogP contribution in [0.15, 0.2) is 18.2 Å². The third-order valence-corrected chi connectivity index (χ3v) is 3.89. The van der Waals surface area contributed by atoms with E-state index >= 15 is 0 Å². The number of fused-ring (bicyclic) bond motifs is 1. The van der Waals surface area contributed by atoms with Gasteiger partial charge < -0.3 is 10.1 Å². The molecule has 0 aromatic heterocycles. The van der Waals surface area contributed by atoms with Gasteiger partial charge in [-0.1, -0.05) is 47.6 Å². The third-order valence-electron chi connectivity index (χ3n) is 3.89. The van der Waals surface area contributed by atoms with Crippen molar-refractivity contribution in [3.63, 3.8) is 0 Å². The van der Waals surface area contributed by atoms with E-state index < -0.39 is 0 Å². The zero-order valence-electron chi connectivity index (χ0n) is 13.1. The molecule has 1 aliphatic heterocycles. The minimum atomic E-state index is 0.161. The van der Waals surface area contributed by atoms with E-state index in [-0.39, 0.29) is 10.8 Å². The molecule has 1 unspecified atom stereocenters. The van der Waals surface area contributed by atoms with Crippen LogP contribution >= 0.6 is 0 Å². The summed E-state index contributed by atoms with van der Waals surface area (Å²) < 4.78 is 5.95. The van der Waals surface area contributed by atoms with Crippen molar-refractivity contribution in [3.8, 4) is 5.75 Å². The van der Waals surface area contributed by atoms with Crippen LogP contribution in [0.3, 0.4) is 0 Å². The van der Waals surface area contributed by atoms with Crippen LogP contribution in [-0.4, -0.2) is 12.6 Å². The first-order chi connectivity index (χ1) is 8.68. The molecule has 19 heavy (non-hydrogen) atoms. The molecule has 0 aliphatic carbocycles. The summed E-state index contributed by atoms with van der Waals surface area (Å²) in [5.74, 6) is 0.999. The van der Waals surface area contributed by atoms with Crippen molar-refractivity contribution in [3.05, 3.63) is 23.8 Å². The van der Waals surface area contributed by atoms with E-state index in [0.717, 1.165) is 24.5 Å². The first-order valence-electron chi connectivity index (χ1n) is 7.22. The minimum absolute atomic E-state index is 0.161. The Bertz CT molecular complexity index is 451. The minimum Gasteiger partial charge on any atom is -0.491 e. The molecule has 1 aliphatic rings. The first-order valence-corrected chi connectivity index (χ1v) is 7.22. The van der Waals surface area contributed by atoms with Crippen LogP contribution in [0.4, 0.5) is 5.69 Å². The van der Waals surface area contributed by atoms with E-state index in [9.17, 15) is 0 Å². The second kappa shape index (κ2) is 4.73. The number of nitrogens with one attached hydrogen (secondary N) is 1. The highest BCUT2D eigenvalue weighted by atomic mass is 16.5. The van der Waals surface area contributed by atoms with Crippen molar-refractivity contribution in [2.75, 3.05) is 11.9 Å². The molecular weight excluding hydrogens is 234 g/mol. The number of anilines is 1. The quantitative estimate of drug-likeness (QED) is 0.737. The predicted molar refractivity (Wildman–Crippen MR) is 82.1 cm³/mol. The second-order valence-electron chi connectivity index (χ2n) is 7.66. The van der Waals surface area contributed by atoms with Crippen LogP contribution in [0.25, 0.3) is 0 Å². The van der Waals surface area contributed by atoms with E-state index in [0.29, 0.717) is 6.04 Å². The molecule has 0 spiro atoms. The lowest BCUT2D eigenvalue weighted by Gasteiger charge is -2.30. The van der Waals surface area contributed by atoms with E-state index in [1.54, 1.807) is 0 Å². The van der Waals surface area contributed by atoms with Gasteiger partial charge >= 0.3 is 0 Å². The van der Waals surface area contributed by atoms with Gasteiger partial charge in [0.2, 0.25) is 0 Å². The summed E-state index contributed by atoms with van der Waals surface area (Å²) in [7, 11) is 0. The van der Waals surface area contributed by atoms with Crippen molar-refractivity contribution in [1.82, 2.24) is 0 Å². The van der Waals surface area contributed by atoms with Gasteiger partial charge in [0.25, 0.3) is 0 Å². The number of hydrogen-bond donors (Lipinski definition) is 1. The maximum absolute atomic E-state index is 5.95. The summed E-state index contributed by atoms with van der Waals surface area (Å²) >= 11 is 0. The van der Waals surface area contributed by atoms with Gasteiger partial charge in [0.1, 0.15) is 5.75 Å². The van der Waals surface area contributed by atoms with Gasteiger partial charge in [-0.2, -0.15) is 0 Å². The smallest absolute Gasteiger partial charge is 0.142 e. The standard InChI is InChI=1S/C17H27NO/c1-16(2,3)12-7-8-13-14(11-12)19-10-9-15(18-13)17(4,5)6/h7-8,11,15,18H,9-10H2,1-6H3. The summed E-state index contributed by atoms with van der Waals surface area (Å²) in [6, 6.07) is 7.02. The van der Waals surface area contributed by atoms with Gasteiger partial charge in [-0.15, -0.1) is 0 Å². The van der Waals surface area contributed by atoms with Crippen molar-refractivity contribution < 1.29 is 4.74 Å². The molecule has 2 nitrogen and oxygen atoms in total. The Morgan fingerprint density at radius 1 is 1.11 bits per heavy atom. The Hall–Kier alpha value is -1.18. The number of rotatable bonds is 0. The Balaban J connectivity index is 2.31. The monoisotopic (exact) mass is 261 g/mol. The molecule has 106 valence electrons. The molecule has 2 heteroatoms. The van der Waals surface area contributed by atoms with E-state index in [1.807, 2.05) is 0 Å². The van der Waals surface area contributed by atoms with Crippen LogP contribution in [0.1, 0.15) is 53.5 Å². The van der Waals surface area contributed by atoms with Crippen LogP contribution < -0.4 is 10.1 Å². The van der Waals surface area contributed by atoms with Crippen LogP contribution in [0.5, 0.6) is 5.75 Å². The van der Waals surface area contributed by atoms with Gasteiger partial charge in [-0.25, -0.2) is 0 Å². The molecule has 1 N–H and O–H groups in total. The third kappa shape index (κ3) is 3.23. The highest BCUT2D eigenvalue weighted by Gasteiger charge is 2.28. The fraction of sp³-hybridized carbons (Fsp3) is 0.647. The van der Waals surface area contributed by atoms with E-state index in [2.05, 4.69) is 65.1 Å². The second-order valence-corrected chi connectivity index (χ2v) is 7.66. The molecule has 0 fully saturated rings. The van der Waals surface area contributed by atoms with Gasteiger partial charge in [-0.3, -0.25) is 0 Å². The first kappa shape index (κ1) is 14.2. The molecule has 1 aromatic rings. The summed E-state index contributed by atoms with van der Waals surface area (Å²) in [6.07, 6.45) is 1.04. The Kier molecular flexibility index (Phi) is 3.55. The SMILES string of the molecule is CC(C)(C)c1ccc2c(c1)OCCC(C(C)(C)C)N2. The maximum atomic E-state index is 5.95. The summed E-state index contributed by atoms with van der Waals surface area (Å²) in [5.41, 5.74) is 2.86. The molecule has 0 amide bonds. The van der Waals surface area contributed by atoms with Crippen LogP contribution in [-0.2, 0) is 5.41 Å². The van der Waals surface area contributed by atoms with Crippen LogP contribution in [0, 0.1) is 5.41 Å². The number of benzene rings is 1. The maximum Gasteiger partial charge on any atom is 0.142 e. The molecule has 2 rings (SSSR count). The molecule has 1 heterocycles. The van der Waals surface area contributed by atoms with Crippen LogP contribution in [0.2, 0.25) is 0 Å².